The summed E-state index contributed by atoms with van der Waals surface area (Å²) in [7, 11) is 0. The quantitative estimate of drug-likeness (QED) is 0.732. The Bertz CT molecular complexity index is 178. The van der Waals surface area contributed by atoms with Crippen LogP contribution in [0.15, 0.2) is 0 Å². The average Bonchev–Trinajstić information content (AvgIpc) is 2.91. The number of hydrogen-bond donors (Lipinski definition) is 1. The molecular formula is C13H25N. The van der Waals surface area contributed by atoms with Gasteiger partial charge in [-0.1, -0.05) is 33.1 Å². The predicted octanol–water partition coefficient (Wildman–Crippen LogP) is 3.19. The van der Waals surface area contributed by atoms with Crippen molar-refractivity contribution in [3.8, 4) is 0 Å². The van der Waals surface area contributed by atoms with Gasteiger partial charge in [0.05, 0.1) is 0 Å². The van der Waals surface area contributed by atoms with Gasteiger partial charge >= 0.3 is 0 Å². The third kappa shape index (κ3) is 1.84. The van der Waals surface area contributed by atoms with Gasteiger partial charge < -0.3 is 5.73 Å². The number of fused-ring (bicyclic) bond motifs is 1. The fraction of sp³-hybridized carbons (Fsp3) is 1.00. The van der Waals surface area contributed by atoms with E-state index in [0.29, 0.717) is 6.04 Å². The largest absolute Gasteiger partial charge is 0.327 e. The summed E-state index contributed by atoms with van der Waals surface area (Å²) in [4.78, 5) is 0. The molecule has 2 fully saturated rings. The molecule has 0 bridgehead atoms. The Balaban J connectivity index is 1.84. The summed E-state index contributed by atoms with van der Waals surface area (Å²) in [6.07, 6.45) is 8.48. The first-order valence-corrected chi connectivity index (χ1v) is 6.51. The lowest BCUT2D eigenvalue weighted by Gasteiger charge is -2.19. The van der Waals surface area contributed by atoms with Crippen molar-refractivity contribution >= 4 is 0 Å². The summed E-state index contributed by atoms with van der Waals surface area (Å²) in [5.74, 6) is 3.70. The van der Waals surface area contributed by atoms with E-state index >= 15 is 0 Å². The van der Waals surface area contributed by atoms with Crippen LogP contribution in [0.5, 0.6) is 0 Å². The van der Waals surface area contributed by atoms with E-state index in [0.717, 1.165) is 23.7 Å². The zero-order valence-electron chi connectivity index (χ0n) is 9.71. The van der Waals surface area contributed by atoms with Gasteiger partial charge in [-0.2, -0.15) is 0 Å². The lowest BCUT2D eigenvalue weighted by Crippen LogP contribution is -2.31. The summed E-state index contributed by atoms with van der Waals surface area (Å²) >= 11 is 0. The minimum absolute atomic E-state index is 0.503. The molecule has 1 heteroatoms. The first kappa shape index (κ1) is 10.5. The first-order chi connectivity index (χ1) is 6.75. The molecular weight excluding hydrogens is 170 g/mol. The van der Waals surface area contributed by atoms with Crippen molar-refractivity contribution in [1.29, 1.82) is 0 Å². The minimum atomic E-state index is 0.503. The second kappa shape index (κ2) is 4.22. The Morgan fingerprint density at radius 2 is 1.79 bits per heavy atom. The number of hydrogen-bond acceptors (Lipinski definition) is 1. The normalized spacial score (nSPS) is 40.1. The fourth-order valence-electron chi connectivity index (χ4n) is 3.65. The van der Waals surface area contributed by atoms with E-state index in [1.807, 2.05) is 0 Å². The van der Waals surface area contributed by atoms with Gasteiger partial charge in [0.25, 0.3) is 0 Å². The van der Waals surface area contributed by atoms with Gasteiger partial charge in [-0.15, -0.1) is 0 Å². The Labute approximate surface area is 88.4 Å². The zero-order valence-corrected chi connectivity index (χ0v) is 9.71. The van der Waals surface area contributed by atoms with E-state index in [4.69, 9.17) is 5.73 Å². The van der Waals surface area contributed by atoms with E-state index in [1.165, 1.54) is 38.5 Å². The van der Waals surface area contributed by atoms with Crippen molar-refractivity contribution in [2.45, 2.75) is 58.4 Å². The molecule has 0 aliphatic heterocycles. The Kier molecular flexibility index (Phi) is 3.16. The lowest BCUT2D eigenvalue weighted by molar-refractivity contribution is 0.367. The van der Waals surface area contributed by atoms with E-state index in [9.17, 15) is 0 Å². The third-order valence-corrected chi connectivity index (χ3v) is 4.57. The van der Waals surface area contributed by atoms with Crippen molar-refractivity contribution in [2.75, 3.05) is 0 Å². The Hall–Kier alpha value is -0.0400. The summed E-state index contributed by atoms with van der Waals surface area (Å²) in [5.41, 5.74) is 6.37. The molecule has 0 aromatic heterocycles. The molecule has 2 N–H and O–H groups in total. The van der Waals surface area contributed by atoms with Crippen LogP contribution in [0.3, 0.4) is 0 Å². The summed E-state index contributed by atoms with van der Waals surface area (Å²) in [5, 5.41) is 0. The van der Waals surface area contributed by atoms with Gasteiger partial charge in [-0.3, -0.25) is 0 Å². The summed E-state index contributed by atoms with van der Waals surface area (Å²) in [6, 6.07) is 0.503. The number of nitrogens with two attached hydrogens (primary N) is 1. The summed E-state index contributed by atoms with van der Waals surface area (Å²) in [6.45, 7) is 4.61. The van der Waals surface area contributed by atoms with E-state index in [-0.39, 0.29) is 0 Å². The molecule has 1 nitrogen and oxygen atoms in total. The van der Waals surface area contributed by atoms with Gasteiger partial charge in [-0.05, 0) is 42.9 Å². The smallest absolute Gasteiger partial charge is 0.00984 e. The van der Waals surface area contributed by atoms with Crippen LogP contribution in [-0.2, 0) is 0 Å². The first-order valence-electron chi connectivity index (χ1n) is 6.51. The molecule has 0 saturated heterocycles. The van der Waals surface area contributed by atoms with Crippen molar-refractivity contribution in [3.05, 3.63) is 0 Å². The molecule has 14 heavy (non-hydrogen) atoms. The van der Waals surface area contributed by atoms with Gasteiger partial charge in [0.15, 0.2) is 0 Å². The van der Waals surface area contributed by atoms with Crippen LogP contribution in [0.25, 0.3) is 0 Å². The zero-order chi connectivity index (χ0) is 10.1. The fourth-order valence-corrected chi connectivity index (χ4v) is 3.65. The van der Waals surface area contributed by atoms with Crippen LogP contribution in [-0.4, -0.2) is 6.04 Å². The monoisotopic (exact) mass is 195 g/mol. The second-order valence-corrected chi connectivity index (χ2v) is 5.53. The molecule has 0 spiro atoms. The van der Waals surface area contributed by atoms with Gasteiger partial charge in [0.1, 0.15) is 0 Å². The molecule has 2 rings (SSSR count). The molecule has 2 aliphatic rings. The third-order valence-electron chi connectivity index (χ3n) is 4.57. The van der Waals surface area contributed by atoms with E-state index in [2.05, 4.69) is 13.8 Å². The van der Waals surface area contributed by atoms with Crippen LogP contribution in [0.1, 0.15) is 52.4 Å². The molecule has 4 atom stereocenters. The highest BCUT2D eigenvalue weighted by molar-refractivity contribution is 5.04. The summed E-state index contributed by atoms with van der Waals surface area (Å²) < 4.78 is 0. The van der Waals surface area contributed by atoms with Crippen LogP contribution < -0.4 is 5.73 Å². The molecule has 82 valence electrons. The lowest BCUT2D eigenvalue weighted by atomic mass is 9.92. The highest BCUT2D eigenvalue weighted by Gasteiger charge is 2.53. The van der Waals surface area contributed by atoms with Crippen molar-refractivity contribution in [3.63, 3.8) is 0 Å². The highest BCUT2D eigenvalue weighted by atomic mass is 14.8. The van der Waals surface area contributed by atoms with Crippen molar-refractivity contribution < 1.29 is 0 Å². The highest BCUT2D eigenvalue weighted by Crippen LogP contribution is 2.57. The molecule has 0 heterocycles. The number of rotatable bonds is 4. The molecule has 2 saturated carbocycles. The Morgan fingerprint density at radius 3 is 2.29 bits per heavy atom. The SMILES string of the molecule is CCCC(C)C(N)C1C2CCCCC21. The van der Waals surface area contributed by atoms with E-state index < -0.39 is 0 Å². The van der Waals surface area contributed by atoms with Gasteiger partial charge in [0.2, 0.25) is 0 Å². The maximum atomic E-state index is 6.37. The van der Waals surface area contributed by atoms with Crippen LogP contribution >= 0.6 is 0 Å². The van der Waals surface area contributed by atoms with Crippen LogP contribution in [0, 0.1) is 23.7 Å². The van der Waals surface area contributed by atoms with Crippen molar-refractivity contribution in [1.82, 2.24) is 0 Å². The van der Waals surface area contributed by atoms with Crippen LogP contribution in [0.4, 0.5) is 0 Å². The maximum absolute atomic E-state index is 6.37. The second-order valence-electron chi connectivity index (χ2n) is 5.53. The molecule has 0 radical (unpaired) electrons. The molecule has 0 amide bonds. The van der Waals surface area contributed by atoms with Crippen molar-refractivity contribution in [2.24, 2.45) is 29.4 Å². The molecule has 0 aromatic rings. The average molecular weight is 195 g/mol. The van der Waals surface area contributed by atoms with E-state index in [1.54, 1.807) is 0 Å². The molecule has 4 unspecified atom stereocenters. The molecule has 0 aromatic carbocycles. The van der Waals surface area contributed by atoms with Gasteiger partial charge in [-0.25, -0.2) is 0 Å². The predicted molar refractivity (Wildman–Crippen MR) is 61.0 cm³/mol. The standard InChI is InChI=1S/C13H25N/c1-3-6-9(2)13(14)12-10-7-4-5-8-11(10)12/h9-13H,3-8,14H2,1-2H3. The Morgan fingerprint density at radius 1 is 1.21 bits per heavy atom. The minimum Gasteiger partial charge on any atom is -0.327 e. The van der Waals surface area contributed by atoms with Crippen LogP contribution in [0.2, 0.25) is 0 Å². The topological polar surface area (TPSA) is 26.0 Å². The molecule has 2 aliphatic carbocycles. The maximum Gasteiger partial charge on any atom is 0.00984 e. The van der Waals surface area contributed by atoms with Gasteiger partial charge in [0, 0.05) is 6.04 Å².